The second kappa shape index (κ2) is 6.82. The average molecular weight is 341 g/mol. The van der Waals surface area contributed by atoms with Crippen molar-refractivity contribution < 1.29 is 22.6 Å². The van der Waals surface area contributed by atoms with Crippen LogP contribution >= 0.6 is 0 Å². The summed E-state index contributed by atoms with van der Waals surface area (Å²) in [7, 11) is 1.56. The van der Waals surface area contributed by atoms with E-state index in [9.17, 15) is 13.2 Å². The molecule has 0 N–H and O–H groups in total. The van der Waals surface area contributed by atoms with Crippen LogP contribution in [0.25, 0.3) is 5.69 Å². The second-order valence-corrected chi connectivity index (χ2v) is 5.58. The van der Waals surface area contributed by atoms with E-state index >= 15 is 0 Å². The molecule has 24 heavy (non-hydrogen) atoms. The Morgan fingerprint density at radius 1 is 1.38 bits per heavy atom. The molecule has 1 aliphatic heterocycles. The van der Waals surface area contributed by atoms with Crippen LogP contribution in [0.3, 0.4) is 0 Å². The van der Waals surface area contributed by atoms with Gasteiger partial charge in [-0.1, -0.05) is 0 Å². The minimum Gasteiger partial charge on any atom is -0.497 e. The van der Waals surface area contributed by atoms with Crippen LogP contribution in [0.15, 0.2) is 36.7 Å². The van der Waals surface area contributed by atoms with Gasteiger partial charge in [0.2, 0.25) is 0 Å². The molecular formula is C16H18F3N3O2. The van der Waals surface area contributed by atoms with Gasteiger partial charge in [0.25, 0.3) is 0 Å². The zero-order chi connectivity index (χ0) is 17.2. The van der Waals surface area contributed by atoms with Crippen LogP contribution in [-0.4, -0.2) is 53.8 Å². The Morgan fingerprint density at radius 2 is 2.21 bits per heavy atom. The number of benzene rings is 1. The highest BCUT2D eigenvalue weighted by Gasteiger charge is 2.43. The lowest BCUT2D eigenvalue weighted by Crippen LogP contribution is -2.48. The van der Waals surface area contributed by atoms with Gasteiger partial charge in [-0.15, -0.1) is 0 Å². The zero-order valence-electron chi connectivity index (χ0n) is 13.2. The van der Waals surface area contributed by atoms with Crippen LogP contribution in [0.2, 0.25) is 0 Å². The number of hydrogen-bond acceptors (Lipinski definition) is 4. The molecule has 5 nitrogen and oxygen atoms in total. The van der Waals surface area contributed by atoms with Gasteiger partial charge >= 0.3 is 6.18 Å². The van der Waals surface area contributed by atoms with E-state index in [2.05, 4.69) is 5.10 Å². The molecular weight excluding hydrogens is 323 g/mol. The topological polar surface area (TPSA) is 39.5 Å². The molecule has 0 saturated carbocycles. The Balaban J connectivity index is 1.83. The fourth-order valence-electron chi connectivity index (χ4n) is 2.74. The van der Waals surface area contributed by atoms with Gasteiger partial charge in [0, 0.05) is 32.0 Å². The number of methoxy groups -OCH3 is 1. The number of aromatic nitrogens is 2. The molecule has 1 fully saturated rings. The Labute approximate surface area is 137 Å². The molecule has 0 aliphatic carbocycles. The van der Waals surface area contributed by atoms with Crippen molar-refractivity contribution in [3.63, 3.8) is 0 Å². The summed E-state index contributed by atoms with van der Waals surface area (Å²) in [6.45, 7) is 0.690. The van der Waals surface area contributed by atoms with Gasteiger partial charge in [0.1, 0.15) is 5.75 Å². The maximum atomic E-state index is 12.9. The Bertz CT molecular complexity index is 674. The first-order valence-electron chi connectivity index (χ1n) is 7.55. The number of hydrogen-bond donors (Lipinski definition) is 0. The molecule has 1 aromatic carbocycles. The van der Waals surface area contributed by atoms with E-state index in [1.165, 1.54) is 0 Å². The SMILES string of the molecule is COc1ccc(-n2cccn2)c(CN2CCOC(C(F)(F)F)C2)c1. The van der Waals surface area contributed by atoms with Crippen LogP contribution in [0.4, 0.5) is 13.2 Å². The van der Waals surface area contributed by atoms with Gasteiger partial charge < -0.3 is 9.47 Å². The van der Waals surface area contributed by atoms with Crippen LogP contribution in [0, 0.1) is 0 Å². The van der Waals surface area contributed by atoms with Gasteiger partial charge in [-0.3, -0.25) is 4.90 Å². The van der Waals surface area contributed by atoms with E-state index < -0.39 is 12.3 Å². The van der Waals surface area contributed by atoms with E-state index in [4.69, 9.17) is 9.47 Å². The minimum atomic E-state index is -4.35. The minimum absolute atomic E-state index is 0.0608. The van der Waals surface area contributed by atoms with Crippen LogP contribution in [0.1, 0.15) is 5.56 Å². The van der Waals surface area contributed by atoms with E-state index in [1.807, 2.05) is 12.1 Å². The summed E-state index contributed by atoms with van der Waals surface area (Å²) in [6.07, 6.45) is -2.64. The van der Waals surface area contributed by atoms with Crippen LogP contribution in [0.5, 0.6) is 5.75 Å². The van der Waals surface area contributed by atoms with Crippen molar-refractivity contribution in [1.82, 2.24) is 14.7 Å². The number of nitrogens with zero attached hydrogens (tertiary/aromatic N) is 3. The fourth-order valence-corrected chi connectivity index (χ4v) is 2.74. The average Bonchev–Trinajstić information content (AvgIpc) is 3.08. The predicted octanol–water partition coefficient (Wildman–Crippen LogP) is 2.64. The molecule has 1 aromatic heterocycles. The maximum absolute atomic E-state index is 12.9. The van der Waals surface area contributed by atoms with Crippen molar-refractivity contribution in [3.05, 3.63) is 42.2 Å². The van der Waals surface area contributed by atoms with Gasteiger partial charge in [0.15, 0.2) is 6.10 Å². The summed E-state index contributed by atoms with van der Waals surface area (Å²) >= 11 is 0. The first kappa shape index (κ1) is 16.8. The Hall–Kier alpha value is -2.06. The lowest BCUT2D eigenvalue weighted by atomic mass is 10.1. The number of rotatable bonds is 4. The lowest BCUT2D eigenvalue weighted by molar-refractivity contribution is -0.237. The molecule has 8 heteroatoms. The van der Waals surface area contributed by atoms with E-state index in [0.717, 1.165) is 11.3 Å². The first-order chi connectivity index (χ1) is 11.5. The Kier molecular flexibility index (Phi) is 4.77. The molecule has 2 aromatic rings. The zero-order valence-corrected chi connectivity index (χ0v) is 13.2. The molecule has 0 spiro atoms. The van der Waals surface area contributed by atoms with Crippen molar-refractivity contribution in [3.8, 4) is 11.4 Å². The van der Waals surface area contributed by atoms with Crippen molar-refractivity contribution >= 4 is 0 Å². The van der Waals surface area contributed by atoms with Crippen molar-refractivity contribution in [2.45, 2.75) is 18.8 Å². The predicted molar refractivity (Wildman–Crippen MR) is 81.2 cm³/mol. The van der Waals surface area contributed by atoms with Gasteiger partial charge in [-0.25, -0.2) is 4.68 Å². The maximum Gasteiger partial charge on any atom is 0.415 e. The summed E-state index contributed by atoms with van der Waals surface area (Å²) in [5.41, 5.74) is 1.66. The largest absolute Gasteiger partial charge is 0.497 e. The third-order valence-electron chi connectivity index (χ3n) is 3.95. The summed E-state index contributed by atoms with van der Waals surface area (Å²) in [5.74, 6) is 0.654. The first-order valence-corrected chi connectivity index (χ1v) is 7.55. The normalized spacial score (nSPS) is 19.4. The van der Waals surface area contributed by atoms with Gasteiger partial charge in [-0.2, -0.15) is 18.3 Å². The van der Waals surface area contributed by atoms with E-state index in [-0.39, 0.29) is 13.2 Å². The van der Waals surface area contributed by atoms with Crippen LogP contribution < -0.4 is 4.74 Å². The molecule has 0 amide bonds. The van der Waals surface area contributed by atoms with Crippen molar-refractivity contribution in [2.24, 2.45) is 0 Å². The summed E-state index contributed by atoms with van der Waals surface area (Å²) in [4.78, 5) is 1.74. The third kappa shape index (κ3) is 3.70. The smallest absolute Gasteiger partial charge is 0.415 e. The highest BCUT2D eigenvalue weighted by Crippen LogP contribution is 2.28. The highest BCUT2D eigenvalue weighted by atomic mass is 19.4. The van der Waals surface area contributed by atoms with Crippen molar-refractivity contribution in [1.29, 1.82) is 0 Å². The molecule has 1 unspecified atom stereocenters. The van der Waals surface area contributed by atoms with Crippen LogP contribution in [-0.2, 0) is 11.3 Å². The van der Waals surface area contributed by atoms with Crippen molar-refractivity contribution in [2.75, 3.05) is 26.8 Å². The summed E-state index contributed by atoms with van der Waals surface area (Å²) < 4.78 is 50.4. The molecule has 3 rings (SSSR count). The monoisotopic (exact) mass is 341 g/mol. The molecule has 1 atom stereocenters. The number of morpholine rings is 1. The molecule has 0 radical (unpaired) electrons. The molecule has 0 bridgehead atoms. The Morgan fingerprint density at radius 3 is 2.88 bits per heavy atom. The van der Waals surface area contributed by atoms with E-state index in [0.29, 0.717) is 18.8 Å². The molecule has 1 aliphatic rings. The fraction of sp³-hybridized carbons (Fsp3) is 0.438. The van der Waals surface area contributed by atoms with Gasteiger partial charge in [0.05, 0.1) is 19.4 Å². The van der Waals surface area contributed by atoms with Gasteiger partial charge in [-0.05, 0) is 29.8 Å². The van der Waals surface area contributed by atoms with E-state index in [1.54, 1.807) is 41.2 Å². The highest BCUT2D eigenvalue weighted by molar-refractivity contribution is 5.45. The molecule has 2 heterocycles. The number of alkyl halides is 3. The molecule has 1 saturated heterocycles. The summed E-state index contributed by atoms with van der Waals surface area (Å²) in [6, 6.07) is 7.28. The number of ether oxygens (including phenoxy) is 2. The lowest BCUT2D eigenvalue weighted by Gasteiger charge is -2.34. The summed E-state index contributed by atoms with van der Waals surface area (Å²) in [5, 5.41) is 4.20. The third-order valence-corrected chi connectivity index (χ3v) is 3.95. The molecule has 130 valence electrons. The quantitative estimate of drug-likeness (QED) is 0.857. The second-order valence-electron chi connectivity index (χ2n) is 5.58. The number of halogens is 3. The standard InChI is InChI=1S/C16H18F3N3O2/c1-23-13-3-4-14(22-6-2-5-20-22)12(9-13)10-21-7-8-24-15(11-21)16(17,18)19/h2-6,9,15H,7-8,10-11H2,1H3.